The van der Waals surface area contributed by atoms with Crippen molar-refractivity contribution < 1.29 is 4.74 Å². The lowest BCUT2D eigenvalue weighted by atomic mass is 9.99. The first-order valence-corrected chi connectivity index (χ1v) is 6.74. The average Bonchev–Trinajstić information content (AvgIpc) is 2.42. The number of anilines is 1. The van der Waals surface area contributed by atoms with E-state index in [1.807, 2.05) is 12.1 Å². The summed E-state index contributed by atoms with van der Waals surface area (Å²) in [6.07, 6.45) is 4.41. The minimum atomic E-state index is 0.797. The Labute approximate surface area is 109 Å². The normalized spacial score (nSPS) is 17.7. The third kappa shape index (κ3) is 3.88. The molecule has 4 nitrogen and oxygen atoms in total. The number of hydrogen-bond acceptors (Lipinski definition) is 4. The molecule has 2 rings (SSSR count). The summed E-state index contributed by atoms with van der Waals surface area (Å²) in [7, 11) is 1.65. The van der Waals surface area contributed by atoms with Gasteiger partial charge in [-0.15, -0.1) is 0 Å². The van der Waals surface area contributed by atoms with Crippen LogP contribution < -0.4 is 10.1 Å². The highest BCUT2D eigenvalue weighted by atomic mass is 16.5. The van der Waals surface area contributed by atoms with Crippen LogP contribution in [0.4, 0.5) is 5.82 Å². The molecule has 1 saturated heterocycles. The van der Waals surface area contributed by atoms with Crippen molar-refractivity contribution in [1.29, 1.82) is 0 Å². The number of rotatable bonds is 5. The van der Waals surface area contributed by atoms with Crippen LogP contribution in [0.1, 0.15) is 19.8 Å². The Morgan fingerprint density at radius 2 is 2.17 bits per heavy atom. The fourth-order valence-electron chi connectivity index (χ4n) is 2.23. The van der Waals surface area contributed by atoms with Gasteiger partial charge in [0, 0.05) is 13.1 Å². The predicted octanol–water partition coefficient (Wildman–Crippen LogP) is 2.23. The van der Waals surface area contributed by atoms with Gasteiger partial charge in [0.15, 0.2) is 0 Å². The van der Waals surface area contributed by atoms with E-state index < -0.39 is 0 Å². The smallest absolute Gasteiger partial charge is 0.137 e. The molecular formula is C14H23N3O. The molecule has 0 radical (unpaired) electrons. The van der Waals surface area contributed by atoms with Gasteiger partial charge in [0.05, 0.1) is 13.3 Å². The Morgan fingerprint density at radius 1 is 1.39 bits per heavy atom. The molecule has 0 aliphatic carbocycles. The van der Waals surface area contributed by atoms with Crippen molar-refractivity contribution >= 4 is 5.82 Å². The van der Waals surface area contributed by atoms with Crippen LogP contribution in [0.25, 0.3) is 0 Å². The molecular weight excluding hydrogens is 226 g/mol. The minimum Gasteiger partial charge on any atom is -0.495 e. The zero-order chi connectivity index (χ0) is 12.8. The van der Waals surface area contributed by atoms with Crippen LogP contribution in [0, 0.1) is 5.92 Å². The lowest BCUT2D eigenvalue weighted by molar-refractivity contribution is 0.199. The highest BCUT2D eigenvalue weighted by molar-refractivity contribution is 5.37. The number of methoxy groups -OCH3 is 1. The summed E-state index contributed by atoms with van der Waals surface area (Å²) in [5, 5.41) is 3.35. The van der Waals surface area contributed by atoms with Crippen LogP contribution in [0.15, 0.2) is 18.3 Å². The Balaban J connectivity index is 1.68. The minimum absolute atomic E-state index is 0.797. The van der Waals surface area contributed by atoms with Crippen molar-refractivity contribution in [2.24, 2.45) is 5.92 Å². The van der Waals surface area contributed by atoms with Crippen LogP contribution >= 0.6 is 0 Å². The molecule has 1 aromatic rings. The number of aromatic nitrogens is 1. The Kier molecular flexibility index (Phi) is 4.81. The largest absolute Gasteiger partial charge is 0.495 e. The van der Waals surface area contributed by atoms with Crippen LogP contribution in [-0.4, -0.2) is 43.2 Å². The van der Waals surface area contributed by atoms with Crippen molar-refractivity contribution in [3.8, 4) is 5.75 Å². The van der Waals surface area contributed by atoms with Crippen LogP contribution in [0.2, 0.25) is 0 Å². The summed E-state index contributed by atoms with van der Waals surface area (Å²) < 4.78 is 5.08. The highest BCUT2D eigenvalue weighted by Gasteiger charge is 2.14. The molecule has 0 saturated carbocycles. The summed E-state index contributed by atoms with van der Waals surface area (Å²) in [5.74, 6) is 2.62. The first-order chi connectivity index (χ1) is 8.78. The number of pyridine rings is 1. The van der Waals surface area contributed by atoms with Gasteiger partial charge in [-0.25, -0.2) is 4.98 Å². The van der Waals surface area contributed by atoms with Crippen molar-refractivity contribution in [2.75, 3.05) is 38.6 Å². The third-order valence-corrected chi connectivity index (χ3v) is 3.58. The van der Waals surface area contributed by atoms with Gasteiger partial charge in [0.1, 0.15) is 11.6 Å². The molecule has 1 aliphatic rings. The summed E-state index contributed by atoms with van der Waals surface area (Å²) in [5.41, 5.74) is 0. The molecule has 0 aromatic carbocycles. The van der Waals surface area contributed by atoms with Gasteiger partial charge in [0.2, 0.25) is 0 Å². The van der Waals surface area contributed by atoms with Crippen molar-refractivity contribution in [2.45, 2.75) is 19.8 Å². The van der Waals surface area contributed by atoms with Crippen LogP contribution in [-0.2, 0) is 0 Å². The van der Waals surface area contributed by atoms with Gasteiger partial charge in [-0.1, -0.05) is 6.92 Å². The van der Waals surface area contributed by atoms with Gasteiger partial charge in [0.25, 0.3) is 0 Å². The maximum atomic E-state index is 5.08. The lowest BCUT2D eigenvalue weighted by Crippen LogP contribution is -2.36. The molecule has 1 aliphatic heterocycles. The Morgan fingerprint density at radius 3 is 2.78 bits per heavy atom. The van der Waals surface area contributed by atoms with E-state index in [4.69, 9.17) is 4.74 Å². The number of likely N-dealkylation sites (tertiary alicyclic amines) is 1. The maximum absolute atomic E-state index is 5.08. The highest BCUT2D eigenvalue weighted by Crippen LogP contribution is 2.15. The van der Waals surface area contributed by atoms with E-state index in [9.17, 15) is 0 Å². The van der Waals surface area contributed by atoms with Gasteiger partial charge >= 0.3 is 0 Å². The van der Waals surface area contributed by atoms with E-state index in [0.717, 1.165) is 30.6 Å². The Bertz CT molecular complexity index is 345. The monoisotopic (exact) mass is 249 g/mol. The van der Waals surface area contributed by atoms with Crippen molar-refractivity contribution in [3.63, 3.8) is 0 Å². The standard InChI is InChI=1S/C14H23N3O/c1-12-5-8-17(9-6-12)10-7-15-14-4-3-13(18-2)11-16-14/h3-4,11-12H,5-10H2,1-2H3,(H,15,16). The number of ether oxygens (including phenoxy) is 1. The zero-order valence-electron chi connectivity index (χ0n) is 11.4. The molecule has 18 heavy (non-hydrogen) atoms. The van der Waals surface area contributed by atoms with Gasteiger partial charge < -0.3 is 15.0 Å². The maximum Gasteiger partial charge on any atom is 0.137 e. The predicted molar refractivity (Wildman–Crippen MR) is 74.1 cm³/mol. The van der Waals surface area contributed by atoms with Gasteiger partial charge in [-0.05, 0) is 44.0 Å². The van der Waals surface area contributed by atoms with E-state index >= 15 is 0 Å². The van der Waals surface area contributed by atoms with Crippen LogP contribution in [0.3, 0.4) is 0 Å². The first kappa shape index (κ1) is 13.1. The van der Waals surface area contributed by atoms with E-state index in [1.165, 1.54) is 25.9 Å². The quantitative estimate of drug-likeness (QED) is 0.868. The molecule has 1 fully saturated rings. The summed E-state index contributed by atoms with van der Waals surface area (Å²) in [4.78, 5) is 6.81. The summed E-state index contributed by atoms with van der Waals surface area (Å²) >= 11 is 0. The van der Waals surface area contributed by atoms with Crippen LogP contribution in [0.5, 0.6) is 5.75 Å². The average molecular weight is 249 g/mol. The number of nitrogens with one attached hydrogen (secondary N) is 1. The fraction of sp³-hybridized carbons (Fsp3) is 0.643. The van der Waals surface area contributed by atoms with Crippen molar-refractivity contribution in [3.05, 3.63) is 18.3 Å². The topological polar surface area (TPSA) is 37.4 Å². The molecule has 2 heterocycles. The number of nitrogens with zero attached hydrogens (tertiary/aromatic N) is 2. The molecule has 0 atom stereocenters. The second-order valence-electron chi connectivity index (χ2n) is 5.03. The third-order valence-electron chi connectivity index (χ3n) is 3.58. The molecule has 100 valence electrons. The van der Waals surface area contributed by atoms with E-state index in [2.05, 4.69) is 22.1 Å². The zero-order valence-corrected chi connectivity index (χ0v) is 11.4. The lowest BCUT2D eigenvalue weighted by Gasteiger charge is -2.30. The summed E-state index contributed by atoms with van der Waals surface area (Å²) in [6.45, 7) is 6.86. The SMILES string of the molecule is COc1ccc(NCCN2CCC(C)CC2)nc1. The summed E-state index contributed by atoms with van der Waals surface area (Å²) in [6, 6.07) is 3.88. The van der Waals surface area contributed by atoms with Crippen molar-refractivity contribution in [1.82, 2.24) is 9.88 Å². The molecule has 1 N–H and O–H groups in total. The van der Waals surface area contributed by atoms with Gasteiger partial charge in [-0.2, -0.15) is 0 Å². The number of piperidine rings is 1. The second-order valence-corrected chi connectivity index (χ2v) is 5.03. The van der Waals surface area contributed by atoms with E-state index in [-0.39, 0.29) is 0 Å². The fourth-order valence-corrected chi connectivity index (χ4v) is 2.23. The molecule has 0 amide bonds. The Hall–Kier alpha value is -1.29. The van der Waals surface area contributed by atoms with E-state index in [1.54, 1.807) is 13.3 Å². The first-order valence-electron chi connectivity index (χ1n) is 6.74. The molecule has 0 unspecified atom stereocenters. The molecule has 1 aromatic heterocycles. The molecule has 0 bridgehead atoms. The number of hydrogen-bond donors (Lipinski definition) is 1. The molecule has 4 heteroatoms. The molecule has 0 spiro atoms. The van der Waals surface area contributed by atoms with E-state index in [0.29, 0.717) is 0 Å². The second kappa shape index (κ2) is 6.59. The van der Waals surface area contributed by atoms with Gasteiger partial charge in [-0.3, -0.25) is 0 Å².